The van der Waals surface area contributed by atoms with E-state index in [-0.39, 0.29) is 17.2 Å². The lowest BCUT2D eigenvalue weighted by molar-refractivity contribution is -0.129. The summed E-state index contributed by atoms with van der Waals surface area (Å²) in [4.78, 5) is 42.6. The van der Waals surface area contributed by atoms with E-state index in [0.29, 0.717) is 49.2 Å². The Hall–Kier alpha value is -3.45. The predicted molar refractivity (Wildman–Crippen MR) is 131 cm³/mol. The molecule has 0 radical (unpaired) electrons. The van der Waals surface area contributed by atoms with Crippen LogP contribution in [0.15, 0.2) is 70.3 Å². The third-order valence-electron chi connectivity index (χ3n) is 6.30. The summed E-state index contributed by atoms with van der Waals surface area (Å²) in [7, 11) is 0. The molecule has 0 aliphatic carbocycles. The highest BCUT2D eigenvalue weighted by Crippen LogP contribution is 2.33. The fourth-order valence-electron chi connectivity index (χ4n) is 4.51. The van der Waals surface area contributed by atoms with Gasteiger partial charge < -0.3 is 4.90 Å². The van der Waals surface area contributed by atoms with Gasteiger partial charge in [0, 0.05) is 24.9 Å². The number of hydrogen-bond donors (Lipinski definition) is 0. The summed E-state index contributed by atoms with van der Waals surface area (Å²) < 4.78 is 3.13. The van der Waals surface area contributed by atoms with E-state index in [9.17, 15) is 14.4 Å². The largest absolute Gasteiger partial charge is 0.337 e. The van der Waals surface area contributed by atoms with Crippen LogP contribution in [0.1, 0.15) is 28.5 Å². The molecule has 1 aliphatic heterocycles. The van der Waals surface area contributed by atoms with Gasteiger partial charge in [0.1, 0.15) is 4.83 Å². The first-order valence-electron chi connectivity index (χ1n) is 11.1. The number of carbonyl (C=O) groups is 1. The molecule has 7 heteroatoms. The molecule has 0 N–H and O–H groups in total. The molecule has 4 aromatic rings. The lowest BCUT2D eigenvalue weighted by atomic mass is 10.1. The average molecular weight is 460 g/mol. The lowest BCUT2D eigenvalue weighted by Gasteiger charge is -2.25. The number of fused-ring (bicyclic) bond motifs is 3. The summed E-state index contributed by atoms with van der Waals surface area (Å²) in [6, 6.07) is 19.7. The number of hydrogen-bond acceptors (Lipinski definition) is 4. The van der Waals surface area contributed by atoms with Gasteiger partial charge in [-0.05, 0) is 29.5 Å². The maximum Gasteiger partial charge on any atom is 0.332 e. The van der Waals surface area contributed by atoms with Crippen LogP contribution in [0.4, 0.5) is 0 Å². The molecule has 0 saturated carbocycles. The van der Waals surface area contributed by atoms with Crippen molar-refractivity contribution in [1.82, 2.24) is 14.0 Å². The summed E-state index contributed by atoms with van der Waals surface area (Å²) >= 11 is 1.47. The van der Waals surface area contributed by atoms with Gasteiger partial charge in [-0.3, -0.25) is 18.7 Å². The Morgan fingerprint density at radius 2 is 1.61 bits per heavy atom. The minimum absolute atomic E-state index is 0.0278. The van der Waals surface area contributed by atoms with Gasteiger partial charge >= 0.3 is 5.69 Å². The van der Waals surface area contributed by atoms with Crippen molar-refractivity contribution in [3.63, 3.8) is 0 Å². The van der Waals surface area contributed by atoms with Gasteiger partial charge in [-0.2, -0.15) is 0 Å². The van der Waals surface area contributed by atoms with Gasteiger partial charge in [-0.25, -0.2) is 4.79 Å². The maximum absolute atomic E-state index is 13.6. The smallest absolute Gasteiger partial charge is 0.332 e. The van der Waals surface area contributed by atoms with Gasteiger partial charge in [0.05, 0.1) is 18.5 Å². The molecule has 3 heterocycles. The SMILES string of the molecule is CC(=O)N1CCc2c(sc3c2c(=O)n(CCc2ccccc2)c(=O)n3Cc2ccccc2)C1. The molecule has 0 unspecified atom stereocenters. The molecule has 0 saturated heterocycles. The number of aromatic nitrogens is 2. The quantitative estimate of drug-likeness (QED) is 0.459. The van der Waals surface area contributed by atoms with E-state index in [1.807, 2.05) is 60.7 Å². The number of carbonyl (C=O) groups excluding carboxylic acids is 1. The van der Waals surface area contributed by atoms with Crippen LogP contribution in [-0.2, 0) is 37.3 Å². The molecule has 2 aromatic heterocycles. The second kappa shape index (κ2) is 8.83. The van der Waals surface area contributed by atoms with E-state index in [1.165, 1.54) is 15.9 Å². The fraction of sp³-hybridized carbons (Fsp3) is 0.269. The molecule has 6 nitrogen and oxygen atoms in total. The Balaban J connectivity index is 1.66. The van der Waals surface area contributed by atoms with E-state index in [2.05, 4.69) is 0 Å². The first-order chi connectivity index (χ1) is 16.0. The standard InChI is InChI=1S/C26H25N3O3S/c1-18(30)27-14-13-21-22(17-27)33-25-23(21)24(31)28(15-12-19-8-4-2-5-9-19)26(32)29(25)16-20-10-6-3-7-11-20/h2-11H,12-17H2,1H3. The molecule has 0 atom stereocenters. The third kappa shape index (κ3) is 4.04. The molecule has 0 bridgehead atoms. The van der Waals surface area contributed by atoms with Gasteiger partial charge in [-0.15, -0.1) is 11.3 Å². The third-order valence-corrected chi connectivity index (χ3v) is 7.54. The zero-order valence-electron chi connectivity index (χ0n) is 18.5. The number of thiophene rings is 1. The first-order valence-corrected chi connectivity index (χ1v) is 12.0. The fourth-order valence-corrected chi connectivity index (χ4v) is 5.86. The van der Waals surface area contributed by atoms with Crippen LogP contribution >= 0.6 is 11.3 Å². The van der Waals surface area contributed by atoms with Crippen molar-refractivity contribution >= 4 is 27.5 Å². The zero-order valence-corrected chi connectivity index (χ0v) is 19.3. The highest BCUT2D eigenvalue weighted by Gasteiger charge is 2.27. The first kappa shape index (κ1) is 21.4. The van der Waals surface area contributed by atoms with E-state index in [1.54, 1.807) is 16.4 Å². The van der Waals surface area contributed by atoms with E-state index >= 15 is 0 Å². The molecule has 0 spiro atoms. The second-order valence-electron chi connectivity index (χ2n) is 8.42. The number of amides is 1. The molecule has 0 fully saturated rings. The highest BCUT2D eigenvalue weighted by molar-refractivity contribution is 7.18. The van der Waals surface area contributed by atoms with Crippen LogP contribution in [0.5, 0.6) is 0 Å². The van der Waals surface area contributed by atoms with Crippen molar-refractivity contribution in [3.8, 4) is 0 Å². The Morgan fingerprint density at radius 3 is 2.27 bits per heavy atom. The maximum atomic E-state index is 13.6. The van der Waals surface area contributed by atoms with Crippen LogP contribution in [-0.4, -0.2) is 26.5 Å². The molecule has 5 rings (SSSR count). The van der Waals surface area contributed by atoms with Gasteiger partial charge in [-0.1, -0.05) is 60.7 Å². The number of nitrogens with zero attached hydrogens (tertiary/aromatic N) is 3. The van der Waals surface area contributed by atoms with Gasteiger partial charge in [0.25, 0.3) is 5.56 Å². The molecule has 168 valence electrons. The molecular formula is C26H25N3O3S. The van der Waals surface area contributed by atoms with Crippen LogP contribution in [0.3, 0.4) is 0 Å². The monoisotopic (exact) mass is 459 g/mol. The van der Waals surface area contributed by atoms with E-state index in [0.717, 1.165) is 21.6 Å². The Bertz CT molecular complexity index is 1440. The van der Waals surface area contributed by atoms with Crippen LogP contribution in [0.25, 0.3) is 10.2 Å². The van der Waals surface area contributed by atoms with Crippen molar-refractivity contribution in [2.24, 2.45) is 0 Å². The summed E-state index contributed by atoms with van der Waals surface area (Å²) in [6.07, 6.45) is 1.24. The Morgan fingerprint density at radius 1 is 0.939 bits per heavy atom. The molecule has 1 aliphatic rings. The summed E-state index contributed by atoms with van der Waals surface area (Å²) in [5.74, 6) is 0.0278. The zero-order chi connectivity index (χ0) is 22.9. The average Bonchev–Trinajstić information content (AvgIpc) is 3.22. The minimum atomic E-state index is -0.283. The van der Waals surface area contributed by atoms with E-state index < -0.39 is 0 Å². The normalized spacial score (nSPS) is 13.3. The van der Waals surface area contributed by atoms with Crippen molar-refractivity contribution in [2.75, 3.05) is 6.54 Å². The van der Waals surface area contributed by atoms with Crippen molar-refractivity contribution in [1.29, 1.82) is 0 Å². The number of rotatable bonds is 5. The summed E-state index contributed by atoms with van der Waals surface area (Å²) in [6.45, 7) is 3.39. The second-order valence-corrected chi connectivity index (χ2v) is 9.50. The molecule has 2 aromatic carbocycles. The topological polar surface area (TPSA) is 64.3 Å². The van der Waals surface area contributed by atoms with Crippen molar-refractivity contribution in [2.45, 2.75) is 39.4 Å². The molecular weight excluding hydrogens is 434 g/mol. The van der Waals surface area contributed by atoms with Gasteiger partial charge in [0.15, 0.2) is 0 Å². The predicted octanol–water partition coefficient (Wildman–Crippen LogP) is 3.42. The molecule has 33 heavy (non-hydrogen) atoms. The van der Waals surface area contributed by atoms with E-state index in [4.69, 9.17) is 0 Å². The van der Waals surface area contributed by atoms with Crippen LogP contribution < -0.4 is 11.2 Å². The van der Waals surface area contributed by atoms with Crippen molar-refractivity contribution in [3.05, 3.63) is 103 Å². The number of aryl methyl sites for hydroxylation is 1. The Labute approximate surface area is 195 Å². The summed E-state index contributed by atoms with van der Waals surface area (Å²) in [5, 5.41) is 0.641. The number of benzene rings is 2. The lowest BCUT2D eigenvalue weighted by Crippen LogP contribution is -2.40. The highest BCUT2D eigenvalue weighted by atomic mass is 32.1. The van der Waals surface area contributed by atoms with Crippen LogP contribution in [0.2, 0.25) is 0 Å². The van der Waals surface area contributed by atoms with Crippen molar-refractivity contribution < 1.29 is 4.79 Å². The van der Waals surface area contributed by atoms with Gasteiger partial charge in [0.2, 0.25) is 5.91 Å². The van der Waals surface area contributed by atoms with Crippen LogP contribution in [0, 0.1) is 0 Å². The minimum Gasteiger partial charge on any atom is -0.337 e. The summed E-state index contributed by atoms with van der Waals surface area (Å²) in [5.41, 5.74) is 2.58. The Kier molecular flexibility index (Phi) is 5.72. The molecule has 1 amide bonds.